The standard InChI is InChI=1S/C12H20N2S2/c1-9-7-14(8-10(2)16-9)11(6-13)12-4-3-5-15-12/h3-5,9-11H,6-8,13H2,1-2H3. The summed E-state index contributed by atoms with van der Waals surface area (Å²) in [5, 5.41) is 3.58. The molecule has 16 heavy (non-hydrogen) atoms. The number of nitrogens with two attached hydrogens (primary N) is 1. The molecule has 2 N–H and O–H groups in total. The predicted molar refractivity (Wildman–Crippen MR) is 74.2 cm³/mol. The van der Waals surface area contributed by atoms with E-state index >= 15 is 0 Å². The fourth-order valence-electron chi connectivity index (χ4n) is 2.40. The van der Waals surface area contributed by atoms with Crippen molar-refractivity contribution in [2.45, 2.75) is 30.4 Å². The highest BCUT2D eigenvalue weighted by molar-refractivity contribution is 8.00. The zero-order valence-corrected chi connectivity index (χ0v) is 11.6. The first kappa shape index (κ1) is 12.4. The molecule has 3 unspecified atom stereocenters. The summed E-state index contributed by atoms with van der Waals surface area (Å²) >= 11 is 3.91. The summed E-state index contributed by atoms with van der Waals surface area (Å²) in [6.07, 6.45) is 0. The van der Waals surface area contributed by atoms with Crippen LogP contribution >= 0.6 is 23.1 Å². The second-order valence-corrected chi connectivity index (χ2v) is 7.34. The third kappa shape index (κ3) is 2.80. The summed E-state index contributed by atoms with van der Waals surface area (Å²) < 4.78 is 0. The summed E-state index contributed by atoms with van der Waals surface area (Å²) in [5.74, 6) is 0. The molecule has 1 aromatic rings. The Kier molecular flexibility index (Phi) is 4.30. The van der Waals surface area contributed by atoms with Crippen molar-refractivity contribution in [1.29, 1.82) is 0 Å². The SMILES string of the molecule is CC1CN(C(CN)c2cccs2)CC(C)S1. The van der Waals surface area contributed by atoms with Gasteiger partial charge >= 0.3 is 0 Å². The third-order valence-corrected chi connectivity index (χ3v) is 5.18. The lowest BCUT2D eigenvalue weighted by molar-refractivity contribution is 0.202. The van der Waals surface area contributed by atoms with Gasteiger partial charge in [-0.15, -0.1) is 11.3 Å². The summed E-state index contributed by atoms with van der Waals surface area (Å²) in [6, 6.07) is 4.75. The van der Waals surface area contributed by atoms with Gasteiger partial charge in [0.25, 0.3) is 0 Å². The maximum atomic E-state index is 5.94. The number of thiophene rings is 1. The number of nitrogens with zero attached hydrogens (tertiary/aromatic N) is 1. The van der Waals surface area contributed by atoms with Crippen molar-refractivity contribution in [2.75, 3.05) is 19.6 Å². The number of hydrogen-bond acceptors (Lipinski definition) is 4. The van der Waals surface area contributed by atoms with Gasteiger partial charge < -0.3 is 5.73 Å². The normalized spacial score (nSPS) is 29.2. The minimum absolute atomic E-state index is 0.422. The van der Waals surface area contributed by atoms with E-state index in [-0.39, 0.29) is 0 Å². The highest BCUT2D eigenvalue weighted by Crippen LogP contribution is 2.32. The maximum absolute atomic E-state index is 5.94. The molecular formula is C12H20N2S2. The van der Waals surface area contributed by atoms with Crippen molar-refractivity contribution in [3.63, 3.8) is 0 Å². The minimum atomic E-state index is 0.422. The molecule has 1 saturated heterocycles. The molecular weight excluding hydrogens is 236 g/mol. The van der Waals surface area contributed by atoms with Crippen LogP contribution in [0.3, 0.4) is 0 Å². The molecule has 4 heteroatoms. The van der Waals surface area contributed by atoms with Crippen molar-refractivity contribution in [2.24, 2.45) is 5.73 Å². The molecule has 1 fully saturated rings. The second-order valence-electron chi connectivity index (χ2n) is 4.48. The van der Waals surface area contributed by atoms with E-state index in [9.17, 15) is 0 Å². The van der Waals surface area contributed by atoms with Gasteiger partial charge in [0.15, 0.2) is 0 Å². The van der Waals surface area contributed by atoms with Crippen LogP contribution < -0.4 is 5.73 Å². The fraction of sp³-hybridized carbons (Fsp3) is 0.667. The molecule has 2 nitrogen and oxygen atoms in total. The average molecular weight is 256 g/mol. The third-order valence-electron chi connectivity index (χ3n) is 2.98. The zero-order valence-electron chi connectivity index (χ0n) is 9.93. The molecule has 1 aliphatic rings. The van der Waals surface area contributed by atoms with E-state index in [0.717, 1.165) is 30.1 Å². The summed E-state index contributed by atoms with van der Waals surface area (Å²) in [4.78, 5) is 3.96. The summed E-state index contributed by atoms with van der Waals surface area (Å²) in [5.41, 5.74) is 5.94. The van der Waals surface area contributed by atoms with Crippen molar-refractivity contribution in [3.8, 4) is 0 Å². The quantitative estimate of drug-likeness (QED) is 0.901. The first-order valence-electron chi connectivity index (χ1n) is 5.83. The van der Waals surface area contributed by atoms with E-state index in [1.54, 1.807) is 0 Å². The first-order valence-corrected chi connectivity index (χ1v) is 7.66. The van der Waals surface area contributed by atoms with Crippen LogP contribution in [0.1, 0.15) is 24.8 Å². The first-order chi connectivity index (χ1) is 7.70. The second kappa shape index (κ2) is 5.54. The summed E-state index contributed by atoms with van der Waals surface area (Å²) in [7, 11) is 0. The maximum Gasteiger partial charge on any atom is 0.0565 e. The average Bonchev–Trinajstić information content (AvgIpc) is 2.70. The Morgan fingerprint density at radius 3 is 2.62 bits per heavy atom. The molecule has 0 aromatic carbocycles. The lowest BCUT2D eigenvalue weighted by Gasteiger charge is -2.39. The van der Waals surface area contributed by atoms with Gasteiger partial charge in [0.2, 0.25) is 0 Å². The van der Waals surface area contributed by atoms with Gasteiger partial charge in [0.05, 0.1) is 6.04 Å². The van der Waals surface area contributed by atoms with Gasteiger partial charge in [0, 0.05) is 35.0 Å². The fourth-order valence-corrected chi connectivity index (χ4v) is 4.62. The Morgan fingerprint density at radius 2 is 2.12 bits per heavy atom. The Hall–Kier alpha value is -0.0300. The molecule has 2 heterocycles. The van der Waals surface area contributed by atoms with Crippen molar-refractivity contribution in [3.05, 3.63) is 22.4 Å². The Labute approximate surface area is 106 Å². The van der Waals surface area contributed by atoms with Gasteiger partial charge in [-0.25, -0.2) is 0 Å². The molecule has 3 atom stereocenters. The Bertz CT molecular complexity index is 303. The van der Waals surface area contributed by atoms with E-state index in [1.165, 1.54) is 4.88 Å². The van der Waals surface area contributed by atoms with Gasteiger partial charge in [-0.2, -0.15) is 11.8 Å². The highest BCUT2D eigenvalue weighted by atomic mass is 32.2. The molecule has 1 aromatic heterocycles. The predicted octanol–water partition coefficient (Wildman–Crippen LogP) is 2.57. The molecule has 0 spiro atoms. The van der Waals surface area contributed by atoms with Crippen LogP contribution in [0.2, 0.25) is 0 Å². The van der Waals surface area contributed by atoms with E-state index in [4.69, 9.17) is 5.73 Å². The Balaban J connectivity index is 2.09. The molecule has 0 amide bonds. The van der Waals surface area contributed by atoms with Gasteiger partial charge in [-0.05, 0) is 11.4 Å². The van der Waals surface area contributed by atoms with Crippen LogP contribution in [-0.2, 0) is 0 Å². The molecule has 2 rings (SSSR count). The molecule has 1 aliphatic heterocycles. The number of hydrogen-bond donors (Lipinski definition) is 1. The monoisotopic (exact) mass is 256 g/mol. The molecule has 90 valence electrons. The number of thioether (sulfide) groups is 1. The number of rotatable bonds is 3. The molecule has 0 aliphatic carbocycles. The Morgan fingerprint density at radius 1 is 1.44 bits per heavy atom. The largest absolute Gasteiger partial charge is 0.329 e. The molecule has 0 bridgehead atoms. The van der Waals surface area contributed by atoms with Gasteiger partial charge in [-0.3, -0.25) is 4.90 Å². The van der Waals surface area contributed by atoms with Crippen LogP contribution in [-0.4, -0.2) is 35.0 Å². The van der Waals surface area contributed by atoms with E-state index in [2.05, 4.69) is 48.0 Å². The van der Waals surface area contributed by atoms with Crippen LogP contribution in [0.4, 0.5) is 0 Å². The van der Waals surface area contributed by atoms with Gasteiger partial charge in [0.1, 0.15) is 0 Å². The summed E-state index contributed by atoms with van der Waals surface area (Å²) in [6.45, 7) is 7.68. The van der Waals surface area contributed by atoms with E-state index in [1.807, 2.05) is 11.3 Å². The lowest BCUT2D eigenvalue weighted by Crippen LogP contribution is -2.44. The minimum Gasteiger partial charge on any atom is -0.329 e. The van der Waals surface area contributed by atoms with E-state index in [0.29, 0.717) is 6.04 Å². The zero-order chi connectivity index (χ0) is 11.5. The van der Waals surface area contributed by atoms with Gasteiger partial charge in [-0.1, -0.05) is 19.9 Å². The lowest BCUT2D eigenvalue weighted by atomic mass is 10.1. The van der Waals surface area contributed by atoms with E-state index < -0.39 is 0 Å². The van der Waals surface area contributed by atoms with Crippen LogP contribution in [0, 0.1) is 0 Å². The van der Waals surface area contributed by atoms with Crippen molar-refractivity contribution >= 4 is 23.1 Å². The van der Waals surface area contributed by atoms with Crippen LogP contribution in [0.15, 0.2) is 17.5 Å². The topological polar surface area (TPSA) is 29.3 Å². The molecule has 0 saturated carbocycles. The smallest absolute Gasteiger partial charge is 0.0565 e. The molecule has 0 radical (unpaired) electrons. The van der Waals surface area contributed by atoms with Crippen LogP contribution in [0.25, 0.3) is 0 Å². The van der Waals surface area contributed by atoms with Crippen LogP contribution in [0.5, 0.6) is 0 Å². The van der Waals surface area contributed by atoms with Crippen molar-refractivity contribution in [1.82, 2.24) is 4.90 Å². The highest BCUT2D eigenvalue weighted by Gasteiger charge is 2.28. The van der Waals surface area contributed by atoms with Crippen molar-refractivity contribution < 1.29 is 0 Å².